The molecule has 3 aromatic rings. The first kappa shape index (κ1) is 16.2. The summed E-state index contributed by atoms with van der Waals surface area (Å²) < 4.78 is 0. The second-order valence-electron chi connectivity index (χ2n) is 6.17. The van der Waals surface area contributed by atoms with Crippen LogP contribution in [0.1, 0.15) is 12.5 Å². The Hall–Kier alpha value is -1.65. The quantitative estimate of drug-likeness (QED) is 0.628. The Balaban J connectivity index is 2.15. The molecular weight excluding hydrogens is 310 g/mol. The third-order valence-electron chi connectivity index (χ3n) is 4.33. The molecule has 0 saturated heterocycles. The lowest BCUT2D eigenvalue weighted by atomic mass is 9.95. The lowest BCUT2D eigenvalue weighted by molar-refractivity contribution is 0.103. The van der Waals surface area contributed by atoms with Crippen LogP contribution >= 0.6 is 11.6 Å². The highest BCUT2D eigenvalue weighted by Crippen LogP contribution is 2.30. The Kier molecular flexibility index (Phi) is 4.55. The van der Waals surface area contributed by atoms with Crippen molar-refractivity contribution in [2.75, 3.05) is 13.2 Å². The normalized spacial score (nSPS) is 12.2. The lowest BCUT2D eigenvalue weighted by Crippen LogP contribution is -2.48. The number of rotatable bonds is 5. The van der Waals surface area contributed by atoms with Gasteiger partial charge in [-0.1, -0.05) is 41.9 Å². The number of benzene rings is 3. The van der Waals surface area contributed by atoms with Crippen LogP contribution in [-0.4, -0.2) is 29.0 Å². The molecule has 0 unspecified atom stereocenters. The summed E-state index contributed by atoms with van der Waals surface area (Å²) >= 11 is 6.14. The van der Waals surface area contributed by atoms with E-state index in [0.29, 0.717) is 11.6 Å². The van der Waals surface area contributed by atoms with Crippen molar-refractivity contribution >= 4 is 33.1 Å². The zero-order valence-corrected chi connectivity index (χ0v) is 13.8. The van der Waals surface area contributed by atoms with Gasteiger partial charge in [-0.2, -0.15) is 0 Å². The molecule has 3 aromatic carbocycles. The molecule has 0 saturated carbocycles. The molecule has 0 spiro atoms. The van der Waals surface area contributed by atoms with Crippen LogP contribution in [0.4, 0.5) is 0 Å². The first-order chi connectivity index (χ1) is 11.1. The van der Waals surface area contributed by atoms with Crippen LogP contribution in [0.3, 0.4) is 0 Å². The van der Waals surface area contributed by atoms with Gasteiger partial charge in [0, 0.05) is 11.6 Å². The van der Waals surface area contributed by atoms with Crippen LogP contribution in [0.2, 0.25) is 5.02 Å². The van der Waals surface area contributed by atoms with E-state index in [1.165, 1.54) is 0 Å². The van der Waals surface area contributed by atoms with E-state index in [9.17, 15) is 10.2 Å². The minimum Gasteiger partial charge on any atom is -0.394 e. The Bertz CT molecular complexity index is 843. The first-order valence-corrected chi connectivity index (χ1v) is 8.01. The van der Waals surface area contributed by atoms with E-state index in [4.69, 9.17) is 11.6 Å². The maximum absolute atomic E-state index is 9.49. The fraction of sp³-hybridized carbons (Fsp3) is 0.263. The Labute approximate surface area is 140 Å². The van der Waals surface area contributed by atoms with E-state index in [1.807, 2.05) is 30.3 Å². The molecule has 0 amide bonds. The van der Waals surface area contributed by atoms with E-state index >= 15 is 0 Å². The highest BCUT2D eigenvalue weighted by molar-refractivity contribution is 6.31. The van der Waals surface area contributed by atoms with Gasteiger partial charge in [0.15, 0.2) is 0 Å². The molecule has 3 nitrogen and oxygen atoms in total. The Morgan fingerprint density at radius 2 is 1.65 bits per heavy atom. The topological polar surface area (TPSA) is 52.5 Å². The summed E-state index contributed by atoms with van der Waals surface area (Å²) in [5, 5.41) is 27.5. The molecule has 120 valence electrons. The summed E-state index contributed by atoms with van der Waals surface area (Å²) in [7, 11) is 0. The summed E-state index contributed by atoms with van der Waals surface area (Å²) in [4.78, 5) is 0. The summed E-state index contributed by atoms with van der Waals surface area (Å²) in [6, 6.07) is 16.2. The molecule has 0 heterocycles. The molecule has 0 aliphatic heterocycles. The van der Waals surface area contributed by atoms with Crippen LogP contribution in [0, 0.1) is 0 Å². The van der Waals surface area contributed by atoms with Crippen LogP contribution in [0.15, 0.2) is 48.5 Å². The van der Waals surface area contributed by atoms with Crippen molar-refractivity contribution in [2.45, 2.75) is 19.0 Å². The van der Waals surface area contributed by atoms with Crippen LogP contribution in [0.25, 0.3) is 21.5 Å². The fourth-order valence-electron chi connectivity index (χ4n) is 2.79. The monoisotopic (exact) mass is 329 g/mol. The SMILES string of the molecule is CC(CO)(CO)NCc1c2ccccc2cc2cc(Cl)ccc12. The average Bonchev–Trinajstić information content (AvgIpc) is 2.58. The minimum atomic E-state index is -0.713. The summed E-state index contributed by atoms with van der Waals surface area (Å²) in [6.45, 7) is 2.10. The number of nitrogens with one attached hydrogen (secondary N) is 1. The minimum absolute atomic E-state index is 0.127. The highest BCUT2D eigenvalue weighted by Gasteiger charge is 2.22. The Morgan fingerprint density at radius 1 is 0.957 bits per heavy atom. The van der Waals surface area contributed by atoms with E-state index in [-0.39, 0.29) is 13.2 Å². The van der Waals surface area contributed by atoms with Crippen LogP contribution in [-0.2, 0) is 6.54 Å². The fourth-order valence-corrected chi connectivity index (χ4v) is 2.97. The third-order valence-corrected chi connectivity index (χ3v) is 4.56. The maximum atomic E-state index is 9.49. The molecule has 0 atom stereocenters. The first-order valence-electron chi connectivity index (χ1n) is 7.63. The van der Waals surface area contributed by atoms with E-state index < -0.39 is 5.54 Å². The molecule has 0 fully saturated rings. The predicted octanol–water partition coefficient (Wildman–Crippen LogP) is 3.48. The van der Waals surface area contributed by atoms with Crippen molar-refractivity contribution in [1.82, 2.24) is 5.32 Å². The van der Waals surface area contributed by atoms with E-state index in [2.05, 4.69) is 23.5 Å². The van der Waals surface area contributed by atoms with E-state index in [1.54, 1.807) is 6.92 Å². The zero-order chi connectivity index (χ0) is 16.4. The van der Waals surface area contributed by atoms with Gasteiger partial charge in [-0.15, -0.1) is 0 Å². The van der Waals surface area contributed by atoms with Gasteiger partial charge in [0.1, 0.15) is 0 Å². The number of fused-ring (bicyclic) bond motifs is 2. The van der Waals surface area contributed by atoms with Gasteiger partial charge in [-0.25, -0.2) is 0 Å². The number of halogens is 1. The van der Waals surface area contributed by atoms with Crippen molar-refractivity contribution in [1.29, 1.82) is 0 Å². The lowest BCUT2D eigenvalue weighted by Gasteiger charge is -2.27. The number of aliphatic hydroxyl groups excluding tert-OH is 2. The highest BCUT2D eigenvalue weighted by atomic mass is 35.5. The molecule has 23 heavy (non-hydrogen) atoms. The van der Waals surface area contributed by atoms with Crippen molar-refractivity contribution in [3.8, 4) is 0 Å². The van der Waals surface area contributed by atoms with Crippen LogP contribution < -0.4 is 5.32 Å². The maximum Gasteiger partial charge on any atom is 0.0633 e. The van der Waals surface area contributed by atoms with Gasteiger partial charge in [-0.3, -0.25) is 0 Å². The predicted molar refractivity (Wildman–Crippen MR) is 95.9 cm³/mol. The molecule has 3 N–H and O–H groups in total. The standard InChI is InChI=1S/C19H20ClNO2/c1-19(11-22,12-23)21-10-18-16-5-3-2-4-13(16)8-14-9-15(20)6-7-17(14)18/h2-9,21-23H,10-12H2,1H3. The number of hydrogen-bond acceptors (Lipinski definition) is 3. The molecular formula is C19H20ClNO2. The van der Waals surface area contributed by atoms with Crippen LogP contribution in [0.5, 0.6) is 0 Å². The van der Waals surface area contributed by atoms with Crippen molar-refractivity contribution in [3.05, 3.63) is 59.1 Å². The summed E-state index contributed by atoms with van der Waals surface area (Å²) in [5.74, 6) is 0. The number of hydrogen-bond donors (Lipinski definition) is 3. The molecule has 0 bridgehead atoms. The van der Waals surface area contributed by atoms with Gasteiger partial charge in [0.2, 0.25) is 0 Å². The third kappa shape index (κ3) is 3.19. The van der Waals surface area contributed by atoms with Gasteiger partial charge in [0.25, 0.3) is 0 Å². The molecule has 3 rings (SSSR count). The van der Waals surface area contributed by atoms with Gasteiger partial charge < -0.3 is 15.5 Å². The van der Waals surface area contributed by atoms with Gasteiger partial charge >= 0.3 is 0 Å². The molecule has 0 aliphatic carbocycles. The molecule has 0 radical (unpaired) electrons. The smallest absolute Gasteiger partial charge is 0.0633 e. The average molecular weight is 330 g/mol. The van der Waals surface area contributed by atoms with E-state index in [0.717, 1.165) is 27.1 Å². The van der Waals surface area contributed by atoms with Crippen molar-refractivity contribution in [3.63, 3.8) is 0 Å². The van der Waals surface area contributed by atoms with Crippen molar-refractivity contribution in [2.24, 2.45) is 0 Å². The summed E-state index contributed by atoms with van der Waals surface area (Å²) in [5.41, 5.74) is 0.429. The Morgan fingerprint density at radius 3 is 2.39 bits per heavy atom. The second-order valence-corrected chi connectivity index (χ2v) is 6.61. The number of aliphatic hydroxyl groups is 2. The van der Waals surface area contributed by atoms with Crippen molar-refractivity contribution < 1.29 is 10.2 Å². The van der Waals surface area contributed by atoms with Gasteiger partial charge in [0.05, 0.1) is 18.8 Å². The zero-order valence-electron chi connectivity index (χ0n) is 13.0. The largest absolute Gasteiger partial charge is 0.394 e. The van der Waals surface area contributed by atoms with Gasteiger partial charge in [-0.05, 0) is 52.2 Å². The molecule has 0 aromatic heterocycles. The summed E-state index contributed by atoms with van der Waals surface area (Å²) in [6.07, 6.45) is 0. The molecule has 0 aliphatic rings. The second kappa shape index (κ2) is 6.46. The molecule has 4 heteroatoms.